The summed E-state index contributed by atoms with van der Waals surface area (Å²) in [4.78, 5) is 2.51. The number of benzene rings is 12. The van der Waals surface area contributed by atoms with Crippen LogP contribution < -0.4 is 9.64 Å². The fraction of sp³-hybridized carbons (Fsp3) is 0.0278. The van der Waals surface area contributed by atoms with E-state index in [0.717, 1.165) is 72.9 Å². The van der Waals surface area contributed by atoms with Crippen molar-refractivity contribution in [3.8, 4) is 55.9 Å². The van der Waals surface area contributed by atoms with E-state index in [1.54, 1.807) is 7.11 Å². The Hall–Kier alpha value is -9.70. The fourth-order valence-electron chi connectivity index (χ4n) is 12.4. The highest BCUT2D eigenvalue weighted by Gasteiger charge is 2.46. The minimum absolute atomic E-state index is 0.560. The van der Waals surface area contributed by atoms with Crippen molar-refractivity contribution in [1.82, 2.24) is 4.57 Å². The molecule has 0 saturated heterocycles. The van der Waals surface area contributed by atoms with Crippen molar-refractivity contribution in [3.05, 3.63) is 307 Å². The third-order valence-corrected chi connectivity index (χ3v) is 15.6. The lowest BCUT2D eigenvalue weighted by molar-refractivity contribution is 0.416. The van der Waals surface area contributed by atoms with Gasteiger partial charge in [0.15, 0.2) is 0 Å². The maximum absolute atomic E-state index is 5.95. The summed E-state index contributed by atoms with van der Waals surface area (Å²) in [7, 11) is 1.75. The fourth-order valence-corrected chi connectivity index (χ4v) is 12.4. The quantitative estimate of drug-likeness (QED) is 0.136. The Bertz CT molecular complexity index is 4260. The van der Waals surface area contributed by atoms with Crippen molar-refractivity contribution in [1.29, 1.82) is 0 Å². The van der Waals surface area contributed by atoms with E-state index in [9.17, 15) is 0 Å². The van der Waals surface area contributed by atoms with Gasteiger partial charge in [-0.05, 0) is 104 Å². The number of rotatable bonds is 10. The number of ether oxygens (including phenoxy) is 1. The minimum atomic E-state index is -0.560. The Morgan fingerprint density at radius 1 is 0.347 bits per heavy atom. The van der Waals surface area contributed by atoms with Crippen molar-refractivity contribution in [3.63, 3.8) is 0 Å². The van der Waals surface area contributed by atoms with Gasteiger partial charge in [0.1, 0.15) is 5.75 Å². The van der Waals surface area contributed by atoms with E-state index in [2.05, 4.69) is 282 Å². The molecule has 354 valence electrons. The average Bonchev–Trinajstić information content (AvgIpc) is 3.98. The average molecular weight is 959 g/mol. The van der Waals surface area contributed by atoms with Gasteiger partial charge in [-0.25, -0.2) is 0 Å². The predicted molar refractivity (Wildman–Crippen MR) is 313 cm³/mol. The van der Waals surface area contributed by atoms with Crippen LogP contribution in [0.25, 0.3) is 82.8 Å². The molecule has 0 N–H and O–H groups in total. The summed E-state index contributed by atoms with van der Waals surface area (Å²) < 4.78 is 8.39. The number of anilines is 3. The summed E-state index contributed by atoms with van der Waals surface area (Å²) in [6.45, 7) is 0. The molecule has 0 atom stereocenters. The first-order chi connectivity index (χ1) is 37.2. The van der Waals surface area contributed by atoms with E-state index < -0.39 is 5.41 Å². The second-order valence-corrected chi connectivity index (χ2v) is 19.5. The summed E-state index contributed by atoms with van der Waals surface area (Å²) in [6.07, 6.45) is 0. The molecule has 13 aromatic rings. The standard InChI is InChI=1S/C72H50N2O/c1-75-71-42-21-16-36-63(71)61-35-15-20-40-69(61)74-68-39-19-14-34-60(68)62-45-43-50(47-70(62)74)54-29-10-11-31-56(54)59-33-13-18-38-67(59)73(66-41-22-24-49-23-8-9-30-55(49)66)53-44-46-58-57-32-12-17-37-64(57)72(65(58)48-53,51-25-4-2-5-26-51)52-27-6-3-7-28-52/h2-48H,1H3. The Labute approximate surface area is 437 Å². The topological polar surface area (TPSA) is 17.4 Å². The second-order valence-electron chi connectivity index (χ2n) is 19.5. The van der Waals surface area contributed by atoms with E-state index in [4.69, 9.17) is 4.74 Å². The lowest BCUT2D eigenvalue weighted by Gasteiger charge is -2.35. The van der Waals surface area contributed by atoms with Crippen LogP contribution in [0.3, 0.4) is 0 Å². The van der Waals surface area contributed by atoms with Crippen molar-refractivity contribution >= 4 is 49.6 Å². The van der Waals surface area contributed by atoms with E-state index in [0.29, 0.717) is 0 Å². The molecule has 75 heavy (non-hydrogen) atoms. The molecule has 0 bridgehead atoms. The summed E-state index contributed by atoms with van der Waals surface area (Å²) in [5.41, 5.74) is 20.3. The van der Waals surface area contributed by atoms with Gasteiger partial charge in [0.05, 0.1) is 40.6 Å². The number of methoxy groups -OCH3 is 1. The Morgan fingerprint density at radius 2 is 0.907 bits per heavy atom. The lowest BCUT2D eigenvalue weighted by atomic mass is 9.67. The smallest absolute Gasteiger partial charge is 0.126 e. The molecule has 1 aliphatic rings. The molecule has 3 heteroatoms. The third kappa shape index (κ3) is 6.96. The van der Waals surface area contributed by atoms with Gasteiger partial charge < -0.3 is 14.2 Å². The van der Waals surface area contributed by atoms with E-state index >= 15 is 0 Å². The number of para-hydroxylation sites is 4. The molecule has 1 heterocycles. The number of aromatic nitrogens is 1. The Balaban J connectivity index is 0.993. The van der Waals surface area contributed by atoms with Gasteiger partial charge in [0, 0.05) is 38.5 Å². The maximum atomic E-state index is 5.95. The van der Waals surface area contributed by atoms with Crippen LogP contribution in [0.5, 0.6) is 5.75 Å². The van der Waals surface area contributed by atoms with Crippen LogP contribution >= 0.6 is 0 Å². The molecule has 0 fully saturated rings. The largest absolute Gasteiger partial charge is 0.496 e. The highest BCUT2D eigenvalue weighted by Crippen LogP contribution is 2.58. The molecule has 1 aromatic heterocycles. The molecule has 0 aliphatic heterocycles. The minimum Gasteiger partial charge on any atom is -0.496 e. The van der Waals surface area contributed by atoms with Gasteiger partial charge >= 0.3 is 0 Å². The van der Waals surface area contributed by atoms with Gasteiger partial charge in [0.2, 0.25) is 0 Å². The monoisotopic (exact) mass is 958 g/mol. The van der Waals surface area contributed by atoms with Gasteiger partial charge in [-0.15, -0.1) is 0 Å². The van der Waals surface area contributed by atoms with Gasteiger partial charge in [-0.3, -0.25) is 0 Å². The van der Waals surface area contributed by atoms with E-state index in [1.165, 1.54) is 54.9 Å². The summed E-state index contributed by atoms with van der Waals surface area (Å²) >= 11 is 0. The molecule has 3 nitrogen and oxygen atoms in total. The van der Waals surface area contributed by atoms with Crippen molar-refractivity contribution in [2.24, 2.45) is 0 Å². The van der Waals surface area contributed by atoms with Crippen molar-refractivity contribution < 1.29 is 4.74 Å². The number of fused-ring (bicyclic) bond motifs is 7. The Kier molecular flexibility index (Phi) is 10.6. The first-order valence-electron chi connectivity index (χ1n) is 25.8. The second kappa shape index (κ2) is 18.1. The summed E-state index contributed by atoms with van der Waals surface area (Å²) in [6, 6.07) is 104. The highest BCUT2D eigenvalue weighted by atomic mass is 16.5. The van der Waals surface area contributed by atoms with Crippen LogP contribution in [0.2, 0.25) is 0 Å². The first kappa shape index (κ1) is 44.0. The van der Waals surface area contributed by atoms with Crippen LogP contribution in [0.1, 0.15) is 22.3 Å². The number of hydrogen-bond donors (Lipinski definition) is 0. The summed E-state index contributed by atoms with van der Waals surface area (Å²) in [5.74, 6) is 0.841. The zero-order valence-electron chi connectivity index (χ0n) is 41.4. The normalized spacial score (nSPS) is 12.4. The van der Waals surface area contributed by atoms with E-state index in [-0.39, 0.29) is 0 Å². The van der Waals surface area contributed by atoms with Crippen molar-refractivity contribution in [2.75, 3.05) is 12.0 Å². The molecule has 0 amide bonds. The van der Waals surface area contributed by atoms with E-state index in [1.807, 2.05) is 12.1 Å². The SMILES string of the molecule is COc1ccccc1-c1ccccc1-n1c2ccccc2c2ccc(-c3ccccc3-c3ccccc3N(c3ccc4c(c3)C(c3ccccc3)(c3ccccc3)c3ccccc3-4)c3cccc4ccccc34)cc21. The van der Waals surface area contributed by atoms with Gasteiger partial charge in [-0.1, -0.05) is 237 Å². The van der Waals surface area contributed by atoms with Crippen LogP contribution in [0.15, 0.2) is 285 Å². The summed E-state index contributed by atoms with van der Waals surface area (Å²) in [5, 5.41) is 4.77. The molecular formula is C72H50N2O. The zero-order valence-corrected chi connectivity index (χ0v) is 41.4. The number of hydrogen-bond acceptors (Lipinski definition) is 2. The predicted octanol–water partition coefficient (Wildman–Crippen LogP) is 18.8. The maximum Gasteiger partial charge on any atom is 0.126 e. The van der Waals surface area contributed by atoms with Gasteiger partial charge in [0.25, 0.3) is 0 Å². The van der Waals surface area contributed by atoms with Crippen molar-refractivity contribution in [2.45, 2.75) is 5.41 Å². The lowest BCUT2D eigenvalue weighted by Crippen LogP contribution is -2.28. The molecule has 0 radical (unpaired) electrons. The molecule has 0 unspecified atom stereocenters. The van der Waals surface area contributed by atoms with Crippen LogP contribution in [-0.2, 0) is 5.41 Å². The highest BCUT2D eigenvalue weighted by molar-refractivity contribution is 6.11. The zero-order chi connectivity index (χ0) is 49.9. The number of nitrogens with zero attached hydrogens (tertiary/aromatic N) is 2. The molecule has 14 rings (SSSR count). The molecule has 0 saturated carbocycles. The van der Waals surface area contributed by atoms with Gasteiger partial charge in [-0.2, -0.15) is 0 Å². The first-order valence-corrected chi connectivity index (χ1v) is 25.8. The molecule has 1 aliphatic carbocycles. The molecule has 12 aromatic carbocycles. The van der Waals surface area contributed by atoms with Crippen LogP contribution in [0.4, 0.5) is 17.1 Å². The Morgan fingerprint density at radius 3 is 1.69 bits per heavy atom. The molecule has 0 spiro atoms. The van der Waals surface area contributed by atoms with Crippen LogP contribution in [-0.4, -0.2) is 11.7 Å². The van der Waals surface area contributed by atoms with Crippen LogP contribution in [0, 0.1) is 0 Å². The third-order valence-electron chi connectivity index (χ3n) is 15.6. The molecular weight excluding hydrogens is 909 g/mol.